The van der Waals surface area contributed by atoms with E-state index in [4.69, 9.17) is 21.1 Å². The van der Waals surface area contributed by atoms with E-state index in [-0.39, 0.29) is 12.3 Å². The maximum atomic E-state index is 12.8. The van der Waals surface area contributed by atoms with Crippen LogP contribution in [-0.2, 0) is 12.8 Å². The molecule has 0 aliphatic rings. The van der Waals surface area contributed by atoms with E-state index >= 15 is 0 Å². The van der Waals surface area contributed by atoms with Crippen molar-refractivity contribution in [2.24, 2.45) is 0 Å². The van der Waals surface area contributed by atoms with Crippen molar-refractivity contribution in [2.75, 3.05) is 7.11 Å². The molecule has 3 heterocycles. The monoisotopic (exact) mass is 460 g/mol. The zero-order chi connectivity index (χ0) is 22.7. The molecule has 0 bridgehead atoms. The molecule has 1 N–H and O–H groups in total. The van der Waals surface area contributed by atoms with Crippen LogP contribution in [0.4, 0.5) is 13.2 Å². The molecule has 0 saturated heterocycles. The molecule has 0 saturated carbocycles. The Morgan fingerprint density at radius 3 is 2.59 bits per heavy atom. The third-order valence-corrected chi connectivity index (χ3v) is 4.75. The van der Waals surface area contributed by atoms with Crippen LogP contribution in [0.25, 0.3) is 22.6 Å². The molecule has 0 radical (unpaired) electrons. The maximum Gasteiger partial charge on any atom is 0.433 e. The van der Waals surface area contributed by atoms with Crippen LogP contribution in [0.15, 0.2) is 60.9 Å². The Morgan fingerprint density at radius 1 is 1.03 bits per heavy atom. The summed E-state index contributed by atoms with van der Waals surface area (Å²) in [6.45, 7) is -0.121. The third kappa shape index (κ3) is 4.83. The van der Waals surface area contributed by atoms with Crippen LogP contribution in [0.2, 0.25) is 5.15 Å². The molecule has 1 aromatic carbocycles. The first-order valence-corrected chi connectivity index (χ1v) is 9.72. The molecule has 6 nitrogen and oxygen atoms in total. The molecule has 0 atom stereocenters. The highest BCUT2D eigenvalue weighted by Crippen LogP contribution is 2.34. The molecule has 0 spiro atoms. The van der Waals surface area contributed by atoms with Gasteiger partial charge >= 0.3 is 6.18 Å². The van der Waals surface area contributed by atoms with Gasteiger partial charge < -0.3 is 14.5 Å². The molecule has 0 aliphatic heterocycles. The summed E-state index contributed by atoms with van der Waals surface area (Å²) in [5.41, 5.74) is 1.42. The standard InChI is InChI=1S/C22H16ClF3N4O2/c1-31-18-9-15(32-12-14-3-2-4-19(29-14)22(24,25)26)6-7-16(18)17-11-28-21(30-17)13-5-8-20(23)27-10-13/h2-11H,12H2,1H3,(H,28,30). The molecule has 0 fully saturated rings. The number of imidazole rings is 1. The Kier molecular flexibility index (Phi) is 6.00. The summed E-state index contributed by atoms with van der Waals surface area (Å²) in [4.78, 5) is 15.2. The number of pyridine rings is 2. The van der Waals surface area contributed by atoms with E-state index in [1.807, 2.05) is 0 Å². The fourth-order valence-electron chi connectivity index (χ4n) is 2.98. The molecule has 4 aromatic rings. The number of hydrogen-bond donors (Lipinski definition) is 1. The van der Waals surface area contributed by atoms with Crippen LogP contribution in [0, 0.1) is 0 Å². The van der Waals surface area contributed by atoms with Gasteiger partial charge in [-0.2, -0.15) is 13.2 Å². The first kappa shape index (κ1) is 21.6. The quantitative estimate of drug-likeness (QED) is 0.368. The summed E-state index contributed by atoms with van der Waals surface area (Å²) in [6.07, 6.45) is -1.23. The largest absolute Gasteiger partial charge is 0.496 e. The lowest BCUT2D eigenvalue weighted by molar-refractivity contribution is -0.141. The number of methoxy groups -OCH3 is 1. The molecule has 0 unspecified atom stereocenters. The summed E-state index contributed by atoms with van der Waals surface area (Å²) < 4.78 is 49.6. The van der Waals surface area contributed by atoms with E-state index in [2.05, 4.69) is 19.9 Å². The van der Waals surface area contributed by atoms with Crippen molar-refractivity contribution >= 4 is 11.6 Å². The lowest BCUT2D eigenvalue weighted by atomic mass is 10.1. The van der Waals surface area contributed by atoms with Crippen molar-refractivity contribution in [1.29, 1.82) is 0 Å². The fourth-order valence-corrected chi connectivity index (χ4v) is 3.09. The van der Waals surface area contributed by atoms with Crippen molar-refractivity contribution in [3.05, 3.63) is 77.5 Å². The van der Waals surface area contributed by atoms with Gasteiger partial charge in [0, 0.05) is 23.4 Å². The fraction of sp³-hybridized carbons (Fsp3) is 0.136. The lowest BCUT2D eigenvalue weighted by Gasteiger charge is -2.12. The Bertz CT molecular complexity index is 1230. The van der Waals surface area contributed by atoms with Crippen LogP contribution < -0.4 is 9.47 Å². The number of benzene rings is 1. The molecule has 32 heavy (non-hydrogen) atoms. The zero-order valence-corrected chi connectivity index (χ0v) is 17.4. The van der Waals surface area contributed by atoms with E-state index < -0.39 is 11.9 Å². The van der Waals surface area contributed by atoms with Crippen LogP contribution in [0.1, 0.15) is 11.4 Å². The number of nitrogens with one attached hydrogen (secondary N) is 1. The highest BCUT2D eigenvalue weighted by Gasteiger charge is 2.32. The molecule has 10 heteroatoms. The molecule has 0 aliphatic carbocycles. The maximum absolute atomic E-state index is 12.8. The number of H-pyrrole nitrogens is 1. The minimum atomic E-state index is -4.51. The van der Waals surface area contributed by atoms with Crippen LogP contribution >= 0.6 is 11.6 Å². The van der Waals surface area contributed by atoms with E-state index in [0.717, 1.165) is 17.2 Å². The van der Waals surface area contributed by atoms with Crippen molar-refractivity contribution in [3.8, 4) is 34.1 Å². The van der Waals surface area contributed by atoms with Gasteiger partial charge in [-0.15, -0.1) is 0 Å². The number of rotatable bonds is 6. The average molecular weight is 461 g/mol. The van der Waals surface area contributed by atoms with Crippen molar-refractivity contribution in [1.82, 2.24) is 19.9 Å². The Hall–Kier alpha value is -3.59. The lowest BCUT2D eigenvalue weighted by Crippen LogP contribution is -2.10. The van der Waals surface area contributed by atoms with Crippen molar-refractivity contribution < 1.29 is 22.6 Å². The number of halogens is 4. The normalized spacial score (nSPS) is 11.4. The van der Waals surface area contributed by atoms with Crippen molar-refractivity contribution in [2.45, 2.75) is 12.8 Å². The predicted octanol–water partition coefficient (Wildman–Crippen LogP) is 5.79. The van der Waals surface area contributed by atoms with Gasteiger partial charge in [-0.05, 0) is 36.4 Å². The summed E-state index contributed by atoms with van der Waals surface area (Å²) in [5, 5.41) is 0.387. The van der Waals surface area contributed by atoms with Gasteiger partial charge in [-0.3, -0.25) is 0 Å². The Morgan fingerprint density at radius 2 is 1.88 bits per heavy atom. The minimum Gasteiger partial charge on any atom is -0.496 e. The second kappa shape index (κ2) is 8.88. The van der Waals surface area contributed by atoms with Gasteiger partial charge in [0.05, 0.1) is 24.7 Å². The second-order valence-corrected chi connectivity index (χ2v) is 7.07. The minimum absolute atomic E-state index is 0.121. The molecule has 0 amide bonds. The summed E-state index contributed by atoms with van der Waals surface area (Å²) >= 11 is 5.82. The van der Waals surface area contributed by atoms with Crippen LogP contribution in [0.3, 0.4) is 0 Å². The first-order valence-electron chi connectivity index (χ1n) is 9.35. The van der Waals surface area contributed by atoms with E-state index in [9.17, 15) is 13.2 Å². The Labute approximate surface area is 186 Å². The highest BCUT2D eigenvalue weighted by molar-refractivity contribution is 6.29. The topological polar surface area (TPSA) is 72.9 Å². The number of nitrogens with zero attached hydrogens (tertiary/aromatic N) is 3. The molecular formula is C22H16ClF3N4O2. The van der Waals surface area contributed by atoms with E-state index in [1.165, 1.54) is 19.2 Å². The zero-order valence-electron chi connectivity index (χ0n) is 16.7. The second-order valence-electron chi connectivity index (χ2n) is 6.68. The number of aromatic amines is 1. The third-order valence-electron chi connectivity index (χ3n) is 4.52. The number of alkyl halides is 3. The van der Waals surface area contributed by atoms with Gasteiger partial charge in [0.25, 0.3) is 0 Å². The van der Waals surface area contributed by atoms with Crippen molar-refractivity contribution in [3.63, 3.8) is 0 Å². The molecule has 4 rings (SSSR count). The number of ether oxygens (including phenoxy) is 2. The molecular weight excluding hydrogens is 445 g/mol. The summed E-state index contributed by atoms with van der Waals surface area (Å²) in [5.74, 6) is 1.54. The molecule has 164 valence electrons. The summed E-state index contributed by atoms with van der Waals surface area (Å²) in [7, 11) is 1.51. The van der Waals surface area contributed by atoms with Gasteiger partial charge in [0.1, 0.15) is 34.8 Å². The molecule has 3 aromatic heterocycles. The predicted molar refractivity (Wildman–Crippen MR) is 112 cm³/mol. The SMILES string of the molecule is COc1cc(OCc2cccc(C(F)(F)F)n2)ccc1-c1cnc(-c2ccc(Cl)nc2)[nH]1. The Balaban J connectivity index is 1.52. The van der Waals surface area contributed by atoms with Crippen LogP contribution in [0.5, 0.6) is 11.5 Å². The van der Waals surface area contributed by atoms with Gasteiger partial charge in [-0.1, -0.05) is 17.7 Å². The van der Waals surface area contributed by atoms with E-state index in [0.29, 0.717) is 28.2 Å². The summed E-state index contributed by atoms with van der Waals surface area (Å²) in [6, 6.07) is 12.3. The number of aromatic nitrogens is 4. The smallest absolute Gasteiger partial charge is 0.433 e. The average Bonchev–Trinajstić information content (AvgIpc) is 3.27. The highest BCUT2D eigenvalue weighted by atomic mass is 35.5. The van der Waals surface area contributed by atoms with Gasteiger partial charge in [0.15, 0.2) is 0 Å². The van der Waals surface area contributed by atoms with Gasteiger partial charge in [-0.25, -0.2) is 15.0 Å². The first-order chi connectivity index (χ1) is 15.3. The number of hydrogen-bond acceptors (Lipinski definition) is 5. The van der Waals surface area contributed by atoms with Crippen LogP contribution in [-0.4, -0.2) is 27.0 Å². The van der Waals surface area contributed by atoms with E-state index in [1.54, 1.807) is 42.7 Å². The van der Waals surface area contributed by atoms with Gasteiger partial charge in [0.2, 0.25) is 0 Å².